The molecule has 3 rings (SSSR count). The molecule has 30 heavy (non-hydrogen) atoms. The average Bonchev–Trinajstić information content (AvgIpc) is 3.04. The lowest BCUT2D eigenvalue weighted by atomic mass is 10.1. The van der Waals surface area contributed by atoms with Gasteiger partial charge in [0.1, 0.15) is 23.0 Å². The van der Waals surface area contributed by atoms with E-state index in [1.54, 1.807) is 64.8 Å². The summed E-state index contributed by atoms with van der Waals surface area (Å²) in [6.07, 6.45) is 3.25. The predicted molar refractivity (Wildman–Crippen MR) is 122 cm³/mol. The van der Waals surface area contributed by atoms with E-state index in [9.17, 15) is 4.79 Å². The van der Waals surface area contributed by atoms with Crippen LogP contribution in [0.2, 0.25) is 0 Å². The molecule has 1 fully saturated rings. The van der Waals surface area contributed by atoms with Crippen LogP contribution in [0.4, 0.5) is 0 Å². The number of carbonyl (C=O) groups is 1. The minimum Gasteiger partial charge on any atom is -0.497 e. The minimum absolute atomic E-state index is 0.313. The maximum Gasteiger partial charge on any atom is 0.286 e. The highest BCUT2D eigenvalue weighted by molar-refractivity contribution is 8.26. The summed E-state index contributed by atoms with van der Waals surface area (Å²) in [7, 11) is 6.27. The third kappa shape index (κ3) is 4.58. The normalized spacial score (nSPS) is 15.2. The first-order chi connectivity index (χ1) is 14.5. The number of amides is 1. The van der Waals surface area contributed by atoms with Gasteiger partial charge < -0.3 is 18.9 Å². The third-order valence-corrected chi connectivity index (χ3v) is 5.54. The van der Waals surface area contributed by atoms with Gasteiger partial charge in [-0.05, 0) is 42.6 Å². The summed E-state index contributed by atoms with van der Waals surface area (Å²) in [6.45, 7) is 0. The summed E-state index contributed by atoms with van der Waals surface area (Å²) in [4.78, 5) is 13.3. The Balaban J connectivity index is 1.85. The van der Waals surface area contributed by atoms with Gasteiger partial charge in [0, 0.05) is 23.3 Å². The second kappa shape index (κ2) is 9.64. The summed E-state index contributed by atoms with van der Waals surface area (Å²) in [5, 5.41) is 5.45. The number of methoxy groups -OCH3 is 4. The van der Waals surface area contributed by atoms with E-state index in [1.807, 2.05) is 6.07 Å². The first kappa shape index (κ1) is 21.7. The van der Waals surface area contributed by atoms with Crippen molar-refractivity contribution in [3.63, 3.8) is 0 Å². The Kier molecular flexibility index (Phi) is 6.96. The molecule has 156 valence electrons. The molecule has 0 saturated carbocycles. The number of rotatable bonds is 7. The van der Waals surface area contributed by atoms with Crippen molar-refractivity contribution >= 4 is 46.5 Å². The van der Waals surface area contributed by atoms with E-state index in [2.05, 4.69) is 5.10 Å². The van der Waals surface area contributed by atoms with Crippen molar-refractivity contribution in [2.75, 3.05) is 28.4 Å². The number of ether oxygens (including phenoxy) is 4. The largest absolute Gasteiger partial charge is 0.497 e. The van der Waals surface area contributed by atoms with Crippen LogP contribution >= 0.6 is 24.0 Å². The van der Waals surface area contributed by atoms with Gasteiger partial charge in [-0.1, -0.05) is 11.8 Å². The van der Waals surface area contributed by atoms with E-state index in [0.29, 0.717) is 37.8 Å². The number of carbonyl (C=O) groups excluding carboxylic acids is 1. The second-order valence-corrected chi connectivity index (χ2v) is 7.63. The zero-order valence-electron chi connectivity index (χ0n) is 16.9. The van der Waals surface area contributed by atoms with Crippen LogP contribution in [0.1, 0.15) is 11.1 Å². The Morgan fingerprint density at radius 1 is 0.900 bits per heavy atom. The van der Waals surface area contributed by atoms with E-state index < -0.39 is 0 Å². The van der Waals surface area contributed by atoms with Gasteiger partial charge in [-0.2, -0.15) is 10.1 Å². The van der Waals surface area contributed by atoms with Crippen molar-refractivity contribution in [3.8, 4) is 23.0 Å². The van der Waals surface area contributed by atoms with Crippen LogP contribution in [0.15, 0.2) is 46.4 Å². The van der Waals surface area contributed by atoms with Gasteiger partial charge in [0.25, 0.3) is 5.91 Å². The molecule has 0 atom stereocenters. The van der Waals surface area contributed by atoms with Gasteiger partial charge in [0.2, 0.25) is 0 Å². The molecule has 1 heterocycles. The van der Waals surface area contributed by atoms with Crippen molar-refractivity contribution in [2.45, 2.75) is 0 Å². The summed E-state index contributed by atoms with van der Waals surface area (Å²) in [6, 6.07) is 10.7. The number of benzene rings is 2. The van der Waals surface area contributed by atoms with Gasteiger partial charge >= 0.3 is 0 Å². The molecule has 1 aliphatic heterocycles. The Bertz CT molecular complexity index is 1040. The average molecular weight is 445 g/mol. The summed E-state index contributed by atoms with van der Waals surface area (Å²) < 4.78 is 21.5. The Hall–Kier alpha value is -3.04. The maximum atomic E-state index is 12.8. The molecule has 1 aliphatic rings. The first-order valence-electron chi connectivity index (χ1n) is 8.76. The highest BCUT2D eigenvalue weighted by Gasteiger charge is 2.32. The zero-order valence-corrected chi connectivity index (χ0v) is 18.5. The molecule has 0 aromatic heterocycles. The standard InChI is InChI=1S/C21H20N2O5S2/c1-25-15-7-5-13(17(10-15)27-3)9-19-20(24)23(21(29)30-19)22-12-14-6-8-16(26-2)11-18(14)28-4/h5-12H,1-4H3/b19-9+,22-12+. The molecule has 0 N–H and O–H groups in total. The van der Waals surface area contributed by atoms with Gasteiger partial charge in [-0.3, -0.25) is 4.79 Å². The molecular weight excluding hydrogens is 424 g/mol. The monoisotopic (exact) mass is 444 g/mol. The number of thiocarbonyl (C=S) groups is 1. The fourth-order valence-corrected chi connectivity index (χ4v) is 3.85. The lowest BCUT2D eigenvalue weighted by Gasteiger charge is -2.09. The van der Waals surface area contributed by atoms with E-state index >= 15 is 0 Å². The van der Waals surface area contributed by atoms with Gasteiger partial charge in [0.15, 0.2) is 4.32 Å². The Morgan fingerprint density at radius 2 is 1.47 bits per heavy atom. The van der Waals surface area contributed by atoms with Crippen LogP contribution in [0.3, 0.4) is 0 Å². The number of hydrogen-bond donors (Lipinski definition) is 0. The molecule has 0 bridgehead atoms. The van der Waals surface area contributed by atoms with Gasteiger partial charge in [0.05, 0.1) is 39.6 Å². The maximum absolute atomic E-state index is 12.8. The number of thioether (sulfide) groups is 1. The van der Waals surface area contributed by atoms with E-state index in [-0.39, 0.29) is 5.91 Å². The first-order valence-corrected chi connectivity index (χ1v) is 9.99. The predicted octanol–water partition coefficient (Wildman–Crippen LogP) is 3.96. The highest BCUT2D eigenvalue weighted by Crippen LogP contribution is 2.35. The lowest BCUT2D eigenvalue weighted by Crippen LogP contribution is -2.22. The fourth-order valence-electron chi connectivity index (χ4n) is 2.68. The fraction of sp³-hybridized carbons (Fsp3) is 0.190. The molecule has 7 nitrogen and oxygen atoms in total. The molecule has 2 aromatic carbocycles. The topological polar surface area (TPSA) is 69.6 Å². The minimum atomic E-state index is -0.313. The molecular formula is C21H20N2O5S2. The van der Waals surface area contributed by atoms with Crippen LogP contribution in [-0.4, -0.2) is 49.9 Å². The number of hydrogen-bond acceptors (Lipinski definition) is 8. The molecule has 1 amide bonds. The molecule has 0 unspecified atom stereocenters. The van der Waals surface area contributed by atoms with Crippen molar-refractivity contribution in [3.05, 3.63) is 52.4 Å². The molecule has 1 saturated heterocycles. The molecule has 9 heteroatoms. The van der Waals surface area contributed by atoms with Crippen LogP contribution in [0, 0.1) is 0 Å². The lowest BCUT2D eigenvalue weighted by molar-refractivity contribution is -0.122. The van der Waals surface area contributed by atoms with Crippen LogP contribution in [0.25, 0.3) is 6.08 Å². The SMILES string of the molecule is COc1ccc(/C=N/N2C(=O)/C(=C\c3ccc(OC)cc3OC)SC2=S)c(OC)c1. The van der Waals surface area contributed by atoms with E-state index in [0.717, 1.165) is 5.56 Å². The highest BCUT2D eigenvalue weighted by atomic mass is 32.2. The quantitative estimate of drug-likeness (QED) is 0.364. The number of hydrazone groups is 1. The molecule has 2 aromatic rings. The Labute approximate surface area is 184 Å². The van der Waals surface area contributed by atoms with Crippen molar-refractivity contribution in [1.29, 1.82) is 0 Å². The van der Waals surface area contributed by atoms with Crippen molar-refractivity contribution in [1.82, 2.24) is 5.01 Å². The number of nitrogens with zero attached hydrogens (tertiary/aromatic N) is 2. The second-order valence-electron chi connectivity index (χ2n) is 5.95. The van der Waals surface area contributed by atoms with Gasteiger partial charge in [-0.25, -0.2) is 0 Å². The molecule has 0 aliphatic carbocycles. The van der Waals surface area contributed by atoms with Gasteiger partial charge in [-0.15, -0.1) is 0 Å². The van der Waals surface area contributed by atoms with E-state index in [1.165, 1.54) is 23.0 Å². The smallest absolute Gasteiger partial charge is 0.286 e. The van der Waals surface area contributed by atoms with Crippen LogP contribution < -0.4 is 18.9 Å². The summed E-state index contributed by atoms with van der Waals surface area (Å²) >= 11 is 6.51. The molecule has 0 radical (unpaired) electrons. The molecule has 0 spiro atoms. The van der Waals surface area contributed by atoms with Crippen molar-refractivity contribution in [2.24, 2.45) is 5.10 Å². The summed E-state index contributed by atoms with van der Waals surface area (Å²) in [5.41, 5.74) is 1.42. The third-order valence-electron chi connectivity index (χ3n) is 4.25. The van der Waals surface area contributed by atoms with Crippen LogP contribution in [0.5, 0.6) is 23.0 Å². The zero-order chi connectivity index (χ0) is 21.7. The van der Waals surface area contributed by atoms with Crippen LogP contribution in [-0.2, 0) is 4.79 Å². The Morgan fingerprint density at radius 3 is 2.03 bits per heavy atom. The van der Waals surface area contributed by atoms with Crippen molar-refractivity contribution < 1.29 is 23.7 Å². The van der Waals surface area contributed by atoms with E-state index in [4.69, 9.17) is 31.2 Å². The summed E-state index contributed by atoms with van der Waals surface area (Å²) in [5.74, 6) is 2.17.